The van der Waals surface area contributed by atoms with E-state index in [2.05, 4.69) is 42.8 Å². The Balaban J connectivity index is 0.719. The van der Waals surface area contributed by atoms with Gasteiger partial charge in [-0.25, -0.2) is 14.4 Å². The third-order valence-corrected chi connectivity index (χ3v) is 19.0. The van der Waals surface area contributed by atoms with E-state index >= 15 is 9.18 Å². The Morgan fingerprint density at radius 2 is 1.59 bits per heavy atom. The molecule has 21 heteroatoms. The number of carbonyl (C=O) groups is 7. The number of hydrogen-bond donors (Lipinski definition) is 3. The Labute approximate surface area is 492 Å². The van der Waals surface area contributed by atoms with Crippen LogP contribution in [0.2, 0.25) is 0 Å². The average molecular weight is 1150 g/mol. The molecule has 1 saturated carbocycles. The van der Waals surface area contributed by atoms with Crippen LogP contribution in [0.3, 0.4) is 0 Å². The summed E-state index contributed by atoms with van der Waals surface area (Å²) in [4.78, 5) is 115. The summed E-state index contributed by atoms with van der Waals surface area (Å²) in [6.45, 7) is 14.3. The smallest absolute Gasteiger partial charge is 0.274 e. The predicted molar refractivity (Wildman–Crippen MR) is 316 cm³/mol. The third kappa shape index (κ3) is 9.95. The summed E-state index contributed by atoms with van der Waals surface area (Å²) in [7, 11) is 0. The van der Waals surface area contributed by atoms with Gasteiger partial charge in [0.1, 0.15) is 23.1 Å². The molecule has 85 heavy (non-hydrogen) atoms. The number of imidazole rings is 1. The van der Waals surface area contributed by atoms with Crippen molar-refractivity contribution >= 4 is 69.6 Å². The molecular weight excluding hydrogens is 1080 g/mol. The Bertz CT molecular complexity index is 3730. The van der Waals surface area contributed by atoms with Gasteiger partial charge in [-0.2, -0.15) is 5.10 Å². The lowest BCUT2D eigenvalue weighted by molar-refractivity contribution is -0.136. The van der Waals surface area contributed by atoms with Crippen molar-refractivity contribution in [2.45, 2.75) is 153 Å². The van der Waals surface area contributed by atoms with Gasteiger partial charge in [-0.1, -0.05) is 30.7 Å². The number of likely N-dealkylation sites (tertiary alicyclic amines) is 3. The summed E-state index contributed by atoms with van der Waals surface area (Å²) in [5.41, 5.74) is 6.25. The summed E-state index contributed by atoms with van der Waals surface area (Å²) in [5.74, 6) is -2.66. The number of nitrogens with one attached hydrogen (secondary N) is 3. The van der Waals surface area contributed by atoms with Crippen molar-refractivity contribution < 1.29 is 38.0 Å². The van der Waals surface area contributed by atoms with Crippen molar-refractivity contribution in [3.8, 4) is 11.3 Å². The van der Waals surface area contributed by atoms with E-state index < -0.39 is 40.9 Å². The molecular formula is C64H72FN13O7. The first-order chi connectivity index (χ1) is 40.9. The number of aryl methyl sites for hydroxylation is 1. The second-order valence-electron chi connectivity index (χ2n) is 25.0. The molecule has 9 heterocycles. The molecule has 3 N–H and O–H groups in total. The molecule has 1 atom stereocenters. The number of rotatable bonds is 13. The van der Waals surface area contributed by atoms with Crippen LogP contribution >= 0.6 is 0 Å². The first-order valence-electron chi connectivity index (χ1n) is 30.3. The van der Waals surface area contributed by atoms with Crippen molar-refractivity contribution in [3.63, 3.8) is 0 Å². The number of aromatic nitrogens is 5. The fourth-order valence-electron chi connectivity index (χ4n) is 14.3. The molecule has 1 spiro atoms. The third-order valence-electron chi connectivity index (χ3n) is 19.0. The molecule has 1 unspecified atom stereocenters. The SMILES string of the molecule is Cc1cc(F)c(Nc2nc(-c3ccc4c(c3)N(C3CC(N5CCCCC5)C3)C(=O)C43CCN(C(=O)c4ccn(C5CCN(Cc6cccc7c6C(=O)N(C6CCC(=O)NC6=O)C7=O)CC5)n4)CC3)cc3ncn(C(C)C)c23)cc1C(=O)NC(C)C. The minimum atomic E-state index is -1.03. The summed E-state index contributed by atoms with van der Waals surface area (Å²) in [5, 5.41) is 13.3. The van der Waals surface area contributed by atoms with Gasteiger partial charge in [0.05, 0.1) is 45.8 Å². The first kappa shape index (κ1) is 56.0. The van der Waals surface area contributed by atoms with Gasteiger partial charge in [0.25, 0.3) is 23.6 Å². The zero-order valence-electron chi connectivity index (χ0n) is 48.8. The zero-order valence-corrected chi connectivity index (χ0v) is 48.8. The number of imide groups is 2. The molecule has 442 valence electrons. The van der Waals surface area contributed by atoms with Gasteiger partial charge in [-0.05, 0) is 159 Å². The molecule has 20 nitrogen and oxygen atoms in total. The van der Waals surface area contributed by atoms with Crippen LogP contribution in [0, 0.1) is 12.7 Å². The topological polar surface area (TPSA) is 220 Å². The molecule has 0 radical (unpaired) electrons. The van der Waals surface area contributed by atoms with Crippen LogP contribution in [-0.2, 0) is 26.3 Å². The number of nitrogens with zero attached hydrogens (tertiary/aromatic N) is 10. The predicted octanol–water partition coefficient (Wildman–Crippen LogP) is 7.98. The van der Waals surface area contributed by atoms with Crippen molar-refractivity contribution in [3.05, 3.63) is 118 Å². The van der Waals surface area contributed by atoms with Crippen LogP contribution < -0.4 is 20.9 Å². The minimum Gasteiger partial charge on any atom is -0.350 e. The maximum absolute atomic E-state index is 16.0. The molecule has 7 amide bonds. The summed E-state index contributed by atoms with van der Waals surface area (Å²) < 4.78 is 19.8. The number of benzene rings is 3. The van der Waals surface area contributed by atoms with Gasteiger partial charge >= 0.3 is 0 Å². The van der Waals surface area contributed by atoms with E-state index in [1.807, 2.05) is 66.2 Å². The van der Waals surface area contributed by atoms with Gasteiger partial charge in [-0.3, -0.25) is 53.4 Å². The van der Waals surface area contributed by atoms with E-state index in [1.165, 1.54) is 31.4 Å². The molecule has 4 saturated heterocycles. The highest BCUT2D eigenvalue weighted by Crippen LogP contribution is 2.52. The Hall–Kier alpha value is -8.17. The number of pyridine rings is 1. The largest absolute Gasteiger partial charge is 0.350 e. The number of fused-ring (bicyclic) bond motifs is 4. The molecule has 3 aromatic heterocycles. The maximum Gasteiger partial charge on any atom is 0.274 e. The molecule has 0 bridgehead atoms. The summed E-state index contributed by atoms with van der Waals surface area (Å²) >= 11 is 0. The van der Waals surface area contributed by atoms with Crippen molar-refractivity contribution in [1.82, 2.24) is 54.5 Å². The lowest BCUT2D eigenvalue weighted by atomic mass is 9.73. The van der Waals surface area contributed by atoms with Gasteiger partial charge in [0.2, 0.25) is 17.7 Å². The number of halogens is 1. The normalized spacial score (nSPS) is 22.0. The quantitative estimate of drug-likeness (QED) is 0.0936. The highest BCUT2D eigenvalue weighted by atomic mass is 19.1. The average Bonchev–Trinajstić information content (AvgIpc) is 1.74. The maximum atomic E-state index is 16.0. The van der Waals surface area contributed by atoms with E-state index in [1.54, 1.807) is 31.5 Å². The van der Waals surface area contributed by atoms with Crippen LogP contribution in [-0.4, -0.2) is 149 Å². The number of hydrogen-bond acceptors (Lipinski definition) is 13. The van der Waals surface area contributed by atoms with E-state index in [0.717, 1.165) is 60.5 Å². The van der Waals surface area contributed by atoms with Crippen LogP contribution in [0.5, 0.6) is 0 Å². The Kier molecular flexibility index (Phi) is 14.5. The van der Waals surface area contributed by atoms with Gasteiger partial charge < -0.3 is 29.9 Å². The van der Waals surface area contributed by atoms with Crippen LogP contribution in [0.25, 0.3) is 22.3 Å². The number of piperidine rings is 4. The zero-order chi connectivity index (χ0) is 59.2. The molecule has 5 fully saturated rings. The first-order valence-corrected chi connectivity index (χ1v) is 30.3. The van der Waals surface area contributed by atoms with Gasteiger partial charge in [-0.15, -0.1) is 0 Å². The monoisotopic (exact) mass is 1150 g/mol. The Morgan fingerprint density at radius 1 is 0.824 bits per heavy atom. The van der Waals surface area contributed by atoms with Crippen molar-refractivity contribution in [1.29, 1.82) is 0 Å². The number of amides is 7. The summed E-state index contributed by atoms with van der Waals surface area (Å²) in [6, 6.07) is 17.3. The van der Waals surface area contributed by atoms with Crippen LogP contribution in [0.15, 0.2) is 73.2 Å². The minimum absolute atomic E-state index is 0.000935. The van der Waals surface area contributed by atoms with E-state index in [0.29, 0.717) is 102 Å². The van der Waals surface area contributed by atoms with E-state index in [9.17, 15) is 28.8 Å². The molecule has 3 aromatic carbocycles. The van der Waals surface area contributed by atoms with E-state index in [-0.39, 0.29) is 66.0 Å². The van der Waals surface area contributed by atoms with E-state index in [4.69, 9.17) is 15.1 Å². The number of carbonyl (C=O) groups excluding carboxylic acids is 7. The highest BCUT2D eigenvalue weighted by molar-refractivity contribution is 6.24. The fraction of sp³-hybridized carbons (Fsp3) is 0.469. The van der Waals surface area contributed by atoms with Gasteiger partial charge in [0.15, 0.2) is 5.82 Å². The lowest BCUT2D eigenvalue weighted by Gasteiger charge is -2.48. The molecule has 7 aliphatic rings. The molecule has 6 aliphatic heterocycles. The van der Waals surface area contributed by atoms with Crippen LogP contribution in [0.4, 0.5) is 21.6 Å². The highest BCUT2D eigenvalue weighted by Gasteiger charge is 2.56. The molecule has 6 aromatic rings. The van der Waals surface area contributed by atoms with Gasteiger partial charge in [0, 0.05) is 86.3 Å². The number of anilines is 3. The molecule has 1 aliphatic carbocycles. The Morgan fingerprint density at radius 3 is 2.32 bits per heavy atom. The summed E-state index contributed by atoms with van der Waals surface area (Å²) in [6.07, 6.45) is 11.5. The fourth-order valence-corrected chi connectivity index (χ4v) is 14.3. The standard InChI is InChI=1S/C64H72FN13O7/c1-36(2)67-58(80)45-32-50(47(65)28-38(45)5)69-57-56-51(66-35-75(56)37(3)4)33-49(68-57)39-12-13-46-53(29-39)77(43-30-42(31-43)73-21-7-6-8-22-73)63(85)64(46)19-26-74(27-20-64)61(83)48-18-25-76(71-48)41-16-23-72(24-17-41)34-40-10-9-11-44-55(40)62(84)78(60(44)82)52-14-15-54(79)70-59(52)81/h9-13,18,25,28-29,32-33,35-37,41-43,52H,6-8,14-17,19-24,26-27,30-31,34H2,1-5H3,(H,67,80)(H,68,69)(H,70,79,81). The lowest BCUT2D eigenvalue weighted by Crippen LogP contribution is -2.58. The molecule has 13 rings (SSSR count). The van der Waals surface area contributed by atoms with Crippen LogP contribution in [0.1, 0.15) is 169 Å². The van der Waals surface area contributed by atoms with Crippen molar-refractivity contribution in [2.75, 3.05) is 49.5 Å². The van der Waals surface area contributed by atoms with Crippen molar-refractivity contribution in [2.24, 2.45) is 0 Å². The second-order valence-corrected chi connectivity index (χ2v) is 25.0. The second kappa shape index (κ2) is 22.0.